The lowest BCUT2D eigenvalue weighted by molar-refractivity contribution is 0.431. The van der Waals surface area contributed by atoms with Crippen molar-refractivity contribution in [3.8, 4) is 0 Å². The SMILES string of the molecule is Cc1cc(C)c(N2C(C)CNCC2C)c(C)c1. The number of anilines is 1. The molecule has 1 N–H and O–H groups in total. The lowest BCUT2D eigenvalue weighted by atomic mass is 10.00. The van der Waals surface area contributed by atoms with Crippen molar-refractivity contribution in [1.29, 1.82) is 0 Å². The van der Waals surface area contributed by atoms with Crippen LogP contribution in [0.3, 0.4) is 0 Å². The van der Waals surface area contributed by atoms with Crippen LogP contribution in [0.1, 0.15) is 30.5 Å². The number of rotatable bonds is 1. The number of aryl methyl sites for hydroxylation is 3. The summed E-state index contributed by atoms with van der Waals surface area (Å²) in [4.78, 5) is 2.58. The van der Waals surface area contributed by atoms with Crippen LogP contribution >= 0.6 is 0 Å². The second-order valence-corrected chi connectivity index (χ2v) is 5.51. The maximum atomic E-state index is 3.49. The van der Waals surface area contributed by atoms with Gasteiger partial charge in [0.05, 0.1) is 0 Å². The van der Waals surface area contributed by atoms with Gasteiger partial charge in [-0.2, -0.15) is 0 Å². The molecular weight excluding hydrogens is 208 g/mol. The standard InChI is InChI=1S/C15H24N2/c1-10-6-11(2)15(12(3)7-10)17-13(4)8-16-9-14(17)5/h6-7,13-14,16H,8-9H2,1-5H3. The highest BCUT2D eigenvalue weighted by atomic mass is 15.2. The fraction of sp³-hybridized carbons (Fsp3) is 0.600. The zero-order valence-corrected chi connectivity index (χ0v) is 11.7. The summed E-state index contributed by atoms with van der Waals surface area (Å²) in [5.41, 5.74) is 5.61. The summed E-state index contributed by atoms with van der Waals surface area (Å²) in [6.45, 7) is 13.4. The normalized spacial score (nSPS) is 25.1. The summed E-state index contributed by atoms with van der Waals surface area (Å²) in [7, 11) is 0. The molecule has 1 heterocycles. The summed E-state index contributed by atoms with van der Waals surface area (Å²) in [5, 5.41) is 3.49. The summed E-state index contributed by atoms with van der Waals surface area (Å²) >= 11 is 0. The number of hydrogen-bond donors (Lipinski definition) is 1. The molecule has 0 amide bonds. The van der Waals surface area contributed by atoms with Crippen LogP contribution in [0, 0.1) is 20.8 Å². The van der Waals surface area contributed by atoms with Crippen molar-refractivity contribution in [2.75, 3.05) is 18.0 Å². The van der Waals surface area contributed by atoms with Crippen LogP contribution in [0.25, 0.3) is 0 Å². The third-order valence-electron chi connectivity index (χ3n) is 3.72. The number of benzene rings is 1. The zero-order valence-electron chi connectivity index (χ0n) is 11.7. The van der Waals surface area contributed by atoms with E-state index in [1.807, 2.05) is 0 Å². The van der Waals surface area contributed by atoms with E-state index in [1.54, 1.807) is 0 Å². The molecule has 1 aromatic carbocycles. The third kappa shape index (κ3) is 2.32. The maximum Gasteiger partial charge on any atom is 0.0431 e. The van der Waals surface area contributed by atoms with Gasteiger partial charge in [0.1, 0.15) is 0 Å². The van der Waals surface area contributed by atoms with Crippen molar-refractivity contribution in [1.82, 2.24) is 5.32 Å². The first kappa shape index (κ1) is 12.4. The van der Waals surface area contributed by atoms with Crippen LogP contribution in [0.2, 0.25) is 0 Å². The molecule has 0 saturated carbocycles. The molecule has 2 atom stereocenters. The first-order valence-electron chi connectivity index (χ1n) is 6.57. The van der Waals surface area contributed by atoms with Crippen LogP contribution in [-0.4, -0.2) is 25.2 Å². The molecule has 0 bridgehead atoms. The zero-order chi connectivity index (χ0) is 12.6. The Morgan fingerprint density at radius 3 is 1.94 bits per heavy atom. The van der Waals surface area contributed by atoms with Gasteiger partial charge in [-0.05, 0) is 45.7 Å². The molecule has 1 aromatic rings. The van der Waals surface area contributed by atoms with Crippen molar-refractivity contribution in [2.45, 2.75) is 46.7 Å². The first-order valence-corrected chi connectivity index (χ1v) is 6.57. The smallest absolute Gasteiger partial charge is 0.0431 e. The van der Waals surface area contributed by atoms with Crippen molar-refractivity contribution in [3.63, 3.8) is 0 Å². The van der Waals surface area contributed by atoms with Crippen molar-refractivity contribution >= 4 is 5.69 Å². The Morgan fingerprint density at radius 1 is 1.00 bits per heavy atom. The van der Waals surface area contributed by atoms with Crippen molar-refractivity contribution in [2.24, 2.45) is 0 Å². The molecule has 1 saturated heterocycles. The summed E-state index contributed by atoms with van der Waals surface area (Å²) in [6.07, 6.45) is 0. The molecule has 0 radical (unpaired) electrons. The van der Waals surface area contributed by atoms with Crippen molar-refractivity contribution < 1.29 is 0 Å². The molecule has 2 rings (SSSR count). The molecule has 1 fully saturated rings. The largest absolute Gasteiger partial charge is 0.363 e. The van der Waals surface area contributed by atoms with E-state index >= 15 is 0 Å². The average Bonchev–Trinajstić information content (AvgIpc) is 2.21. The maximum absolute atomic E-state index is 3.49. The van der Waals surface area contributed by atoms with E-state index in [0.29, 0.717) is 12.1 Å². The molecular formula is C15H24N2. The van der Waals surface area contributed by atoms with Gasteiger partial charge in [0, 0.05) is 30.9 Å². The van der Waals surface area contributed by atoms with E-state index in [4.69, 9.17) is 0 Å². The van der Waals surface area contributed by atoms with Crippen molar-refractivity contribution in [3.05, 3.63) is 28.8 Å². The van der Waals surface area contributed by atoms with Gasteiger partial charge < -0.3 is 10.2 Å². The van der Waals surface area contributed by atoms with E-state index in [2.05, 4.69) is 57.0 Å². The summed E-state index contributed by atoms with van der Waals surface area (Å²) in [6, 6.07) is 5.73. The Labute approximate surface area is 105 Å². The molecule has 17 heavy (non-hydrogen) atoms. The van der Waals surface area contributed by atoms with Gasteiger partial charge in [0.25, 0.3) is 0 Å². The molecule has 2 unspecified atom stereocenters. The van der Waals surface area contributed by atoms with Gasteiger partial charge in [-0.3, -0.25) is 0 Å². The Bertz CT molecular complexity index is 378. The van der Waals surface area contributed by atoms with Gasteiger partial charge in [0.15, 0.2) is 0 Å². The Balaban J connectivity index is 2.44. The van der Waals surface area contributed by atoms with Gasteiger partial charge >= 0.3 is 0 Å². The van der Waals surface area contributed by atoms with Crippen LogP contribution in [-0.2, 0) is 0 Å². The van der Waals surface area contributed by atoms with E-state index in [9.17, 15) is 0 Å². The van der Waals surface area contributed by atoms with E-state index < -0.39 is 0 Å². The minimum Gasteiger partial charge on any atom is -0.363 e. The van der Waals surface area contributed by atoms with Gasteiger partial charge in [-0.25, -0.2) is 0 Å². The summed E-state index contributed by atoms with van der Waals surface area (Å²) < 4.78 is 0. The average molecular weight is 232 g/mol. The van der Waals surface area contributed by atoms with Gasteiger partial charge in [-0.15, -0.1) is 0 Å². The van der Waals surface area contributed by atoms with Crippen LogP contribution in [0.5, 0.6) is 0 Å². The Morgan fingerprint density at radius 2 is 1.47 bits per heavy atom. The third-order valence-corrected chi connectivity index (χ3v) is 3.72. The Kier molecular flexibility index (Phi) is 3.43. The Hall–Kier alpha value is -1.02. The molecule has 1 aliphatic heterocycles. The summed E-state index contributed by atoms with van der Waals surface area (Å²) in [5.74, 6) is 0. The predicted molar refractivity (Wildman–Crippen MR) is 74.9 cm³/mol. The highest BCUT2D eigenvalue weighted by Crippen LogP contribution is 2.30. The minimum absolute atomic E-state index is 0.568. The highest BCUT2D eigenvalue weighted by molar-refractivity contribution is 5.61. The lowest BCUT2D eigenvalue weighted by Crippen LogP contribution is -2.55. The molecule has 94 valence electrons. The quantitative estimate of drug-likeness (QED) is 0.801. The number of piperazine rings is 1. The minimum atomic E-state index is 0.568. The topological polar surface area (TPSA) is 15.3 Å². The van der Waals surface area contributed by atoms with Crippen LogP contribution in [0.4, 0.5) is 5.69 Å². The molecule has 2 nitrogen and oxygen atoms in total. The molecule has 0 aromatic heterocycles. The monoisotopic (exact) mass is 232 g/mol. The van der Waals surface area contributed by atoms with Gasteiger partial charge in [0.2, 0.25) is 0 Å². The lowest BCUT2D eigenvalue weighted by Gasteiger charge is -2.43. The van der Waals surface area contributed by atoms with E-state index in [0.717, 1.165) is 13.1 Å². The van der Waals surface area contributed by atoms with Gasteiger partial charge in [-0.1, -0.05) is 17.7 Å². The number of hydrogen-bond acceptors (Lipinski definition) is 2. The predicted octanol–water partition coefficient (Wildman–Crippen LogP) is 2.80. The fourth-order valence-electron chi connectivity index (χ4n) is 3.15. The van der Waals surface area contributed by atoms with Crippen LogP contribution < -0.4 is 10.2 Å². The van der Waals surface area contributed by atoms with E-state index in [-0.39, 0.29) is 0 Å². The number of nitrogens with one attached hydrogen (secondary N) is 1. The second-order valence-electron chi connectivity index (χ2n) is 5.51. The number of nitrogens with zero attached hydrogens (tertiary/aromatic N) is 1. The fourth-order valence-corrected chi connectivity index (χ4v) is 3.15. The molecule has 0 spiro atoms. The first-order chi connectivity index (χ1) is 8.00. The molecule has 1 aliphatic rings. The van der Waals surface area contributed by atoms with Crippen LogP contribution in [0.15, 0.2) is 12.1 Å². The molecule has 2 heteroatoms. The second kappa shape index (κ2) is 4.69. The molecule has 0 aliphatic carbocycles. The van der Waals surface area contributed by atoms with E-state index in [1.165, 1.54) is 22.4 Å². The highest BCUT2D eigenvalue weighted by Gasteiger charge is 2.26.